The van der Waals surface area contributed by atoms with Crippen LogP contribution in [-0.2, 0) is 11.3 Å². The van der Waals surface area contributed by atoms with Gasteiger partial charge < -0.3 is 9.42 Å². The number of hydrogen-bond donors (Lipinski definition) is 0. The van der Waals surface area contributed by atoms with Crippen molar-refractivity contribution in [3.8, 4) is 0 Å². The number of nitrogens with zero attached hydrogens (tertiary/aromatic N) is 2. The van der Waals surface area contributed by atoms with E-state index in [0.29, 0.717) is 12.3 Å². The molecule has 0 N–H and O–H groups in total. The molecule has 0 aliphatic rings. The van der Waals surface area contributed by atoms with Gasteiger partial charge in [-0.3, -0.25) is 4.79 Å². The average molecular weight is 366 g/mol. The lowest BCUT2D eigenvalue weighted by atomic mass is 10.1. The Labute approximate surface area is 158 Å². The summed E-state index contributed by atoms with van der Waals surface area (Å²) in [6.07, 6.45) is 0. The highest BCUT2D eigenvalue weighted by atomic mass is 32.2. The minimum absolute atomic E-state index is 0.0572. The maximum absolute atomic E-state index is 13.0. The fourth-order valence-corrected chi connectivity index (χ4v) is 3.45. The molecule has 4 nitrogen and oxygen atoms in total. The molecular weight excluding hydrogens is 344 g/mol. The predicted molar refractivity (Wildman–Crippen MR) is 106 cm³/mol. The number of para-hydroxylation sites is 1. The first kappa shape index (κ1) is 18.3. The molecule has 0 atom stereocenters. The molecular formula is C21H22N2O2S. The number of carbonyl (C=O) groups is 1. The number of aryl methyl sites for hydroxylation is 3. The van der Waals surface area contributed by atoms with Crippen LogP contribution in [0.2, 0.25) is 0 Å². The van der Waals surface area contributed by atoms with Crippen LogP contribution in [0.5, 0.6) is 0 Å². The summed E-state index contributed by atoms with van der Waals surface area (Å²) < 4.78 is 5.26. The lowest BCUT2D eigenvalue weighted by Crippen LogP contribution is -2.32. The molecule has 1 aromatic heterocycles. The first-order chi connectivity index (χ1) is 12.5. The third kappa shape index (κ3) is 4.35. The number of carbonyl (C=O) groups excluding carboxylic acids is 1. The van der Waals surface area contributed by atoms with Gasteiger partial charge in [-0.2, -0.15) is 0 Å². The number of anilines is 1. The molecule has 0 aliphatic carbocycles. The highest BCUT2D eigenvalue weighted by Crippen LogP contribution is 2.24. The Balaban J connectivity index is 1.78. The second-order valence-corrected chi connectivity index (χ2v) is 7.27. The van der Waals surface area contributed by atoms with Crippen LogP contribution < -0.4 is 4.90 Å². The molecule has 0 unspecified atom stereocenters. The lowest BCUT2D eigenvalue weighted by Gasteiger charge is -2.23. The average Bonchev–Trinajstić information content (AvgIpc) is 2.97. The Hall–Kier alpha value is -2.53. The second-order valence-electron chi connectivity index (χ2n) is 6.22. The zero-order chi connectivity index (χ0) is 18.5. The van der Waals surface area contributed by atoms with Crippen LogP contribution >= 0.6 is 11.8 Å². The van der Waals surface area contributed by atoms with Crippen LogP contribution in [0.3, 0.4) is 0 Å². The van der Waals surface area contributed by atoms with Gasteiger partial charge in [0.15, 0.2) is 0 Å². The van der Waals surface area contributed by atoms with E-state index in [-0.39, 0.29) is 5.91 Å². The van der Waals surface area contributed by atoms with Gasteiger partial charge in [-0.1, -0.05) is 41.1 Å². The molecule has 1 heterocycles. The van der Waals surface area contributed by atoms with Gasteiger partial charge >= 0.3 is 0 Å². The van der Waals surface area contributed by atoms with Crippen molar-refractivity contribution in [2.75, 3.05) is 10.7 Å². The Morgan fingerprint density at radius 1 is 1.04 bits per heavy atom. The van der Waals surface area contributed by atoms with E-state index in [1.807, 2.05) is 44.2 Å². The van der Waals surface area contributed by atoms with Gasteiger partial charge in [0.05, 0.1) is 18.0 Å². The van der Waals surface area contributed by atoms with Crippen LogP contribution in [-0.4, -0.2) is 16.8 Å². The molecule has 3 rings (SSSR count). The highest BCUT2D eigenvalue weighted by Gasteiger charge is 2.20. The van der Waals surface area contributed by atoms with Gasteiger partial charge in [0.2, 0.25) is 5.91 Å². The first-order valence-corrected chi connectivity index (χ1v) is 9.50. The number of benzene rings is 2. The van der Waals surface area contributed by atoms with Gasteiger partial charge in [-0.15, -0.1) is 11.8 Å². The molecule has 0 bridgehead atoms. The fraction of sp³-hybridized carbons (Fsp3) is 0.238. The zero-order valence-corrected chi connectivity index (χ0v) is 16.0. The molecule has 134 valence electrons. The van der Waals surface area contributed by atoms with E-state index in [1.165, 1.54) is 5.56 Å². The second kappa shape index (κ2) is 8.23. The minimum atomic E-state index is 0.0572. The fourth-order valence-electron chi connectivity index (χ4n) is 2.67. The van der Waals surface area contributed by atoms with Gasteiger partial charge in [0.25, 0.3) is 0 Å². The van der Waals surface area contributed by atoms with Crippen molar-refractivity contribution < 1.29 is 9.32 Å². The maximum Gasteiger partial charge on any atom is 0.237 e. The summed E-state index contributed by atoms with van der Waals surface area (Å²) in [4.78, 5) is 15.9. The molecule has 0 spiro atoms. The summed E-state index contributed by atoms with van der Waals surface area (Å²) in [7, 11) is 0. The smallest absolute Gasteiger partial charge is 0.237 e. The molecule has 0 saturated carbocycles. The van der Waals surface area contributed by atoms with Crippen molar-refractivity contribution in [1.82, 2.24) is 5.16 Å². The highest BCUT2D eigenvalue weighted by molar-refractivity contribution is 8.00. The van der Waals surface area contributed by atoms with E-state index in [4.69, 9.17) is 4.52 Å². The van der Waals surface area contributed by atoms with Crippen molar-refractivity contribution in [3.63, 3.8) is 0 Å². The molecule has 3 aromatic rings. The van der Waals surface area contributed by atoms with E-state index < -0.39 is 0 Å². The van der Waals surface area contributed by atoms with Gasteiger partial charge in [-0.25, -0.2) is 0 Å². The number of rotatable bonds is 6. The van der Waals surface area contributed by atoms with Crippen LogP contribution in [0.1, 0.15) is 22.6 Å². The van der Waals surface area contributed by atoms with Crippen molar-refractivity contribution >= 4 is 23.4 Å². The molecule has 5 heteroatoms. The first-order valence-electron chi connectivity index (χ1n) is 8.51. The standard InChI is InChI=1S/C21H22N2O2S/c1-15-9-11-19(12-10-15)26-14-21(24)23(18-7-5-4-6-8-18)13-20-16(2)22-25-17(20)3/h4-12H,13-14H2,1-3H3. The van der Waals surface area contributed by atoms with E-state index in [2.05, 4.69) is 36.3 Å². The van der Waals surface area contributed by atoms with Gasteiger partial charge in [-0.05, 0) is 45.0 Å². The lowest BCUT2D eigenvalue weighted by molar-refractivity contribution is -0.116. The molecule has 0 saturated heterocycles. The van der Waals surface area contributed by atoms with Crippen molar-refractivity contribution in [2.24, 2.45) is 0 Å². The van der Waals surface area contributed by atoms with Crippen LogP contribution in [0.4, 0.5) is 5.69 Å². The Bertz CT molecular complexity index is 853. The quantitative estimate of drug-likeness (QED) is 0.581. The third-order valence-electron chi connectivity index (χ3n) is 4.25. The molecule has 0 fully saturated rings. The normalized spacial score (nSPS) is 10.7. The number of amides is 1. The van der Waals surface area contributed by atoms with Crippen molar-refractivity contribution in [3.05, 3.63) is 77.2 Å². The van der Waals surface area contributed by atoms with E-state index >= 15 is 0 Å². The van der Waals surface area contributed by atoms with Crippen LogP contribution in [0.15, 0.2) is 64.0 Å². The predicted octanol–water partition coefficient (Wildman–Crippen LogP) is 4.93. The van der Waals surface area contributed by atoms with Crippen LogP contribution in [0.25, 0.3) is 0 Å². The molecule has 2 aromatic carbocycles. The van der Waals surface area contributed by atoms with E-state index in [0.717, 1.165) is 27.6 Å². The monoisotopic (exact) mass is 366 g/mol. The Kier molecular flexibility index (Phi) is 5.78. The summed E-state index contributed by atoms with van der Waals surface area (Å²) in [6.45, 7) is 6.30. The summed E-state index contributed by atoms with van der Waals surface area (Å²) >= 11 is 1.55. The van der Waals surface area contributed by atoms with Crippen molar-refractivity contribution in [1.29, 1.82) is 0 Å². The van der Waals surface area contributed by atoms with E-state index in [1.54, 1.807) is 16.7 Å². The number of aromatic nitrogens is 1. The van der Waals surface area contributed by atoms with Crippen molar-refractivity contribution in [2.45, 2.75) is 32.2 Å². The molecule has 0 radical (unpaired) electrons. The molecule has 0 aliphatic heterocycles. The molecule has 1 amide bonds. The summed E-state index contributed by atoms with van der Waals surface area (Å²) in [5.74, 6) is 1.19. The minimum Gasteiger partial charge on any atom is -0.361 e. The van der Waals surface area contributed by atoms with E-state index in [9.17, 15) is 4.79 Å². The third-order valence-corrected chi connectivity index (χ3v) is 5.25. The summed E-state index contributed by atoms with van der Waals surface area (Å²) in [6, 6.07) is 18.0. The zero-order valence-electron chi connectivity index (χ0n) is 15.2. The van der Waals surface area contributed by atoms with Crippen LogP contribution in [0, 0.1) is 20.8 Å². The Morgan fingerprint density at radius 2 is 1.73 bits per heavy atom. The number of thioether (sulfide) groups is 1. The maximum atomic E-state index is 13.0. The van der Waals surface area contributed by atoms with Gasteiger partial charge in [0.1, 0.15) is 5.76 Å². The molecule has 26 heavy (non-hydrogen) atoms. The SMILES string of the molecule is Cc1ccc(SCC(=O)N(Cc2c(C)noc2C)c2ccccc2)cc1. The summed E-state index contributed by atoms with van der Waals surface area (Å²) in [5, 5.41) is 4.01. The largest absolute Gasteiger partial charge is 0.361 e. The summed E-state index contributed by atoms with van der Waals surface area (Å²) in [5.41, 5.74) is 3.87. The topological polar surface area (TPSA) is 46.3 Å². The van der Waals surface area contributed by atoms with Gasteiger partial charge in [0, 0.05) is 16.1 Å². The number of hydrogen-bond acceptors (Lipinski definition) is 4. The Morgan fingerprint density at radius 3 is 2.35 bits per heavy atom.